The summed E-state index contributed by atoms with van der Waals surface area (Å²) < 4.78 is 18.9. The molecule has 0 bridgehead atoms. The van der Waals surface area contributed by atoms with Crippen LogP contribution in [0.2, 0.25) is 0 Å². The van der Waals surface area contributed by atoms with E-state index in [4.69, 9.17) is 14.2 Å². The van der Waals surface area contributed by atoms with Crippen LogP contribution in [0.25, 0.3) is 0 Å². The van der Waals surface area contributed by atoms with Gasteiger partial charge in [-0.3, -0.25) is 0 Å². The molecule has 0 aromatic rings. The Labute approximate surface area is 199 Å². The number of aliphatic hydroxyl groups is 2. The van der Waals surface area contributed by atoms with Crippen molar-refractivity contribution < 1.29 is 24.4 Å². The van der Waals surface area contributed by atoms with Crippen LogP contribution < -0.4 is 0 Å². The van der Waals surface area contributed by atoms with Crippen molar-refractivity contribution in [1.82, 2.24) is 0 Å². The minimum Gasteiger partial charge on any atom is -0.393 e. The molecular formula is C28H46O5. The first-order valence-electron chi connectivity index (χ1n) is 13.8. The molecule has 0 aromatic carbocycles. The Kier molecular flexibility index (Phi) is 5.21. The second-order valence-electron chi connectivity index (χ2n) is 13.7. The van der Waals surface area contributed by atoms with E-state index in [0.717, 1.165) is 24.2 Å². The molecule has 5 heteroatoms. The molecule has 6 aliphatic rings. The lowest BCUT2D eigenvalue weighted by Crippen LogP contribution is -2.55. The van der Waals surface area contributed by atoms with Gasteiger partial charge in [0.05, 0.1) is 24.4 Å². The number of methoxy groups -OCH3 is 1. The Hall–Kier alpha value is -0.200. The van der Waals surface area contributed by atoms with E-state index in [0.29, 0.717) is 29.8 Å². The molecule has 4 aliphatic carbocycles. The summed E-state index contributed by atoms with van der Waals surface area (Å²) in [5, 5.41) is 21.0. The summed E-state index contributed by atoms with van der Waals surface area (Å²) >= 11 is 0. The summed E-state index contributed by atoms with van der Waals surface area (Å²) in [5.41, 5.74) is 0.0135. The summed E-state index contributed by atoms with van der Waals surface area (Å²) in [6, 6.07) is 0. The quantitative estimate of drug-likeness (QED) is 0.631. The van der Waals surface area contributed by atoms with E-state index in [1.54, 1.807) is 0 Å². The van der Waals surface area contributed by atoms with Crippen LogP contribution >= 0.6 is 0 Å². The van der Waals surface area contributed by atoms with Crippen molar-refractivity contribution in [1.29, 1.82) is 0 Å². The summed E-state index contributed by atoms with van der Waals surface area (Å²) in [5.74, 6) is 2.79. The predicted molar refractivity (Wildman–Crippen MR) is 125 cm³/mol. The second-order valence-corrected chi connectivity index (χ2v) is 13.7. The third-order valence-electron chi connectivity index (χ3n) is 12.4. The topological polar surface area (TPSA) is 68.2 Å². The van der Waals surface area contributed by atoms with Crippen LogP contribution in [0.3, 0.4) is 0 Å². The zero-order valence-electron chi connectivity index (χ0n) is 21.4. The average molecular weight is 463 g/mol. The van der Waals surface area contributed by atoms with Crippen molar-refractivity contribution in [2.45, 2.75) is 115 Å². The number of aliphatic hydroxyl groups excluding tert-OH is 2. The largest absolute Gasteiger partial charge is 0.393 e. The van der Waals surface area contributed by atoms with E-state index >= 15 is 0 Å². The number of ether oxygens (including phenoxy) is 3. The fourth-order valence-corrected chi connectivity index (χ4v) is 10.7. The van der Waals surface area contributed by atoms with Gasteiger partial charge in [-0.2, -0.15) is 0 Å². The van der Waals surface area contributed by atoms with Crippen LogP contribution in [0, 0.1) is 46.3 Å². The number of hydrogen-bond donors (Lipinski definition) is 2. The maximum Gasteiger partial charge on any atom is 0.198 e. The lowest BCUT2D eigenvalue weighted by atomic mass is 9.44. The van der Waals surface area contributed by atoms with Crippen molar-refractivity contribution in [2.75, 3.05) is 13.7 Å². The van der Waals surface area contributed by atoms with Crippen molar-refractivity contribution in [3.63, 3.8) is 0 Å². The summed E-state index contributed by atoms with van der Waals surface area (Å²) in [6.07, 6.45) is 10.7. The maximum absolute atomic E-state index is 11.1. The highest BCUT2D eigenvalue weighted by atomic mass is 16.7. The first-order valence-corrected chi connectivity index (χ1v) is 13.8. The fourth-order valence-electron chi connectivity index (χ4n) is 10.7. The Morgan fingerprint density at radius 2 is 1.73 bits per heavy atom. The zero-order chi connectivity index (χ0) is 23.4. The van der Waals surface area contributed by atoms with Gasteiger partial charge in [-0.05, 0) is 98.7 Å². The first-order chi connectivity index (χ1) is 15.6. The van der Waals surface area contributed by atoms with Crippen LogP contribution in [0.5, 0.6) is 0 Å². The lowest BCUT2D eigenvalue weighted by Gasteiger charge is -2.61. The number of rotatable bonds is 2. The predicted octanol–water partition coefficient (Wildman–Crippen LogP) is 4.53. The van der Waals surface area contributed by atoms with Gasteiger partial charge >= 0.3 is 0 Å². The summed E-state index contributed by atoms with van der Waals surface area (Å²) in [6.45, 7) is 9.24. The van der Waals surface area contributed by atoms with E-state index < -0.39 is 17.5 Å². The Morgan fingerprint density at radius 1 is 0.970 bits per heavy atom. The average Bonchev–Trinajstić information content (AvgIpc) is 3.34. The van der Waals surface area contributed by atoms with Gasteiger partial charge in [0.15, 0.2) is 5.79 Å². The van der Waals surface area contributed by atoms with Crippen LogP contribution in [-0.4, -0.2) is 53.6 Å². The van der Waals surface area contributed by atoms with Crippen LogP contribution in [-0.2, 0) is 14.2 Å². The van der Waals surface area contributed by atoms with Crippen molar-refractivity contribution in [3.8, 4) is 0 Å². The summed E-state index contributed by atoms with van der Waals surface area (Å²) in [7, 11) is 1.89. The molecule has 2 aliphatic heterocycles. The molecular weight excluding hydrogens is 416 g/mol. The van der Waals surface area contributed by atoms with E-state index in [-0.39, 0.29) is 24.0 Å². The molecule has 6 rings (SSSR count). The third-order valence-corrected chi connectivity index (χ3v) is 12.4. The number of fused-ring (bicyclic) bond motifs is 7. The maximum atomic E-state index is 11.1. The molecule has 2 N–H and O–H groups in total. The molecule has 0 aromatic heterocycles. The SMILES string of the molecule is CO[C@H]1CC[C@@]2(C)[C@@H](CC[C@@H]3[C@@H]2CC[C@]2(C)[C@@H]4[C@H](C[C@@H]32)O[C@]2(O[C@](C)(CO)C[C@H]2O)[C@H]4C)C1. The van der Waals surface area contributed by atoms with Crippen molar-refractivity contribution >= 4 is 0 Å². The molecule has 4 saturated carbocycles. The Bertz CT molecular complexity index is 788. The number of hydrogen-bond acceptors (Lipinski definition) is 5. The standard InChI is InChI=1S/C28H46O5/c1-16-24-22(32-28(16)23(30)14-25(2,15-29)33-28)13-21-19-7-6-17-12-18(31-5)8-10-26(17,3)20(19)9-11-27(21,24)4/h16-24,29-30H,6-15H2,1-5H3/t16-,17-,18-,19+,20-,21-,22-,23+,24-,25-,26-,27-,28-/m0/s1. The Balaban J connectivity index is 1.26. The van der Waals surface area contributed by atoms with E-state index in [2.05, 4.69) is 20.8 Å². The monoisotopic (exact) mass is 462 g/mol. The van der Waals surface area contributed by atoms with E-state index in [1.807, 2.05) is 14.0 Å². The van der Waals surface area contributed by atoms with Gasteiger partial charge < -0.3 is 24.4 Å². The van der Waals surface area contributed by atoms with Crippen molar-refractivity contribution in [3.05, 3.63) is 0 Å². The molecule has 1 spiro atoms. The first kappa shape index (κ1) is 23.2. The summed E-state index contributed by atoms with van der Waals surface area (Å²) in [4.78, 5) is 0. The zero-order valence-corrected chi connectivity index (χ0v) is 21.4. The van der Waals surface area contributed by atoms with Crippen LogP contribution in [0.15, 0.2) is 0 Å². The van der Waals surface area contributed by atoms with Crippen LogP contribution in [0.1, 0.15) is 85.5 Å². The second kappa shape index (κ2) is 7.41. The highest BCUT2D eigenvalue weighted by molar-refractivity contribution is 5.17. The van der Waals surface area contributed by atoms with Gasteiger partial charge in [0.2, 0.25) is 0 Å². The molecule has 0 amide bonds. The van der Waals surface area contributed by atoms with Gasteiger partial charge in [-0.15, -0.1) is 0 Å². The molecule has 5 nitrogen and oxygen atoms in total. The minimum atomic E-state index is -0.945. The van der Waals surface area contributed by atoms with Gasteiger partial charge in [-0.1, -0.05) is 20.8 Å². The van der Waals surface area contributed by atoms with E-state index in [9.17, 15) is 10.2 Å². The normalized spacial score (nSPS) is 62.1. The van der Waals surface area contributed by atoms with E-state index in [1.165, 1.54) is 44.9 Å². The molecule has 13 atom stereocenters. The lowest BCUT2D eigenvalue weighted by molar-refractivity contribution is -0.285. The molecule has 6 fully saturated rings. The van der Waals surface area contributed by atoms with Crippen LogP contribution in [0.4, 0.5) is 0 Å². The van der Waals surface area contributed by atoms with Gasteiger partial charge in [0.1, 0.15) is 6.10 Å². The Morgan fingerprint density at radius 3 is 2.42 bits per heavy atom. The van der Waals surface area contributed by atoms with Gasteiger partial charge in [-0.25, -0.2) is 0 Å². The van der Waals surface area contributed by atoms with Gasteiger partial charge in [0, 0.05) is 19.4 Å². The highest BCUT2D eigenvalue weighted by Crippen LogP contribution is 2.71. The molecule has 33 heavy (non-hydrogen) atoms. The van der Waals surface area contributed by atoms with Crippen molar-refractivity contribution in [2.24, 2.45) is 46.3 Å². The molecule has 0 radical (unpaired) electrons. The third kappa shape index (κ3) is 2.95. The van der Waals surface area contributed by atoms with Gasteiger partial charge in [0.25, 0.3) is 0 Å². The molecule has 0 unspecified atom stereocenters. The molecule has 2 saturated heterocycles. The molecule has 188 valence electrons. The fraction of sp³-hybridized carbons (Fsp3) is 1.00. The minimum absolute atomic E-state index is 0.0788. The molecule has 2 heterocycles. The highest BCUT2D eigenvalue weighted by Gasteiger charge is 2.72. The smallest absolute Gasteiger partial charge is 0.198 e.